The smallest absolute Gasteiger partial charge is 0.0589 e. The van der Waals surface area contributed by atoms with E-state index < -0.39 is 0 Å². The van der Waals surface area contributed by atoms with E-state index in [1.54, 1.807) is 0 Å². The maximum Gasteiger partial charge on any atom is 0.0589 e. The second-order valence-corrected chi connectivity index (χ2v) is 4.79. The first-order chi connectivity index (χ1) is 8.06. The van der Waals surface area contributed by atoms with E-state index in [4.69, 9.17) is 4.74 Å². The standard InChI is InChI=1S/C15H25NO/c1-6-17-14(5)13(4)10-16-15-11(2)8-7-9-12(15)3/h7-9,13-14,16H,6,10H2,1-5H3. The van der Waals surface area contributed by atoms with E-state index >= 15 is 0 Å². The Kier molecular flexibility index (Phi) is 5.49. The number of hydrogen-bond acceptors (Lipinski definition) is 2. The third-order valence-corrected chi connectivity index (χ3v) is 3.31. The second kappa shape index (κ2) is 6.65. The lowest BCUT2D eigenvalue weighted by molar-refractivity contribution is 0.0426. The molecule has 1 N–H and O–H groups in total. The monoisotopic (exact) mass is 235 g/mol. The lowest BCUT2D eigenvalue weighted by Crippen LogP contribution is -2.25. The molecule has 0 spiro atoms. The van der Waals surface area contributed by atoms with Gasteiger partial charge >= 0.3 is 0 Å². The van der Waals surface area contributed by atoms with Gasteiger partial charge in [-0.05, 0) is 44.7 Å². The van der Waals surface area contributed by atoms with E-state index in [0.717, 1.165) is 13.2 Å². The van der Waals surface area contributed by atoms with Crippen molar-refractivity contribution >= 4 is 5.69 Å². The van der Waals surface area contributed by atoms with Crippen molar-refractivity contribution in [2.24, 2.45) is 5.92 Å². The van der Waals surface area contributed by atoms with Crippen LogP contribution in [0.2, 0.25) is 0 Å². The molecule has 2 atom stereocenters. The Bertz CT molecular complexity index is 329. The third kappa shape index (κ3) is 4.04. The third-order valence-electron chi connectivity index (χ3n) is 3.31. The quantitative estimate of drug-likeness (QED) is 0.810. The molecule has 0 radical (unpaired) electrons. The summed E-state index contributed by atoms with van der Waals surface area (Å²) in [6.07, 6.45) is 0.303. The van der Waals surface area contributed by atoms with Crippen LogP contribution in [0, 0.1) is 19.8 Å². The molecule has 0 saturated heterocycles. The molecule has 2 heteroatoms. The summed E-state index contributed by atoms with van der Waals surface area (Å²) in [4.78, 5) is 0. The predicted octanol–water partition coefficient (Wildman–Crippen LogP) is 3.78. The van der Waals surface area contributed by atoms with Crippen molar-refractivity contribution in [2.75, 3.05) is 18.5 Å². The van der Waals surface area contributed by atoms with Crippen LogP contribution in [0.25, 0.3) is 0 Å². The van der Waals surface area contributed by atoms with Gasteiger partial charge in [0.15, 0.2) is 0 Å². The van der Waals surface area contributed by atoms with E-state index in [2.05, 4.69) is 51.2 Å². The van der Waals surface area contributed by atoms with E-state index in [-0.39, 0.29) is 0 Å². The van der Waals surface area contributed by atoms with E-state index in [1.165, 1.54) is 16.8 Å². The molecule has 0 aromatic heterocycles. The van der Waals surface area contributed by atoms with Gasteiger partial charge in [-0.25, -0.2) is 0 Å². The van der Waals surface area contributed by atoms with Crippen molar-refractivity contribution in [1.29, 1.82) is 0 Å². The molecule has 1 rings (SSSR count). The van der Waals surface area contributed by atoms with Crippen molar-refractivity contribution in [3.8, 4) is 0 Å². The molecule has 96 valence electrons. The van der Waals surface area contributed by atoms with Crippen LogP contribution in [0.1, 0.15) is 31.9 Å². The number of anilines is 1. The fourth-order valence-electron chi connectivity index (χ4n) is 1.95. The number of benzene rings is 1. The average molecular weight is 235 g/mol. The maximum atomic E-state index is 5.61. The van der Waals surface area contributed by atoms with Gasteiger partial charge in [0.05, 0.1) is 6.10 Å². The summed E-state index contributed by atoms with van der Waals surface area (Å²) >= 11 is 0. The highest BCUT2D eigenvalue weighted by molar-refractivity contribution is 5.56. The van der Waals surface area contributed by atoms with Gasteiger partial charge in [0.2, 0.25) is 0 Å². The molecule has 17 heavy (non-hydrogen) atoms. The summed E-state index contributed by atoms with van der Waals surface area (Å²) in [6.45, 7) is 12.4. The zero-order valence-electron chi connectivity index (χ0n) is 11.7. The highest BCUT2D eigenvalue weighted by atomic mass is 16.5. The summed E-state index contributed by atoms with van der Waals surface area (Å²) in [5.41, 5.74) is 3.88. The first kappa shape index (κ1) is 14.0. The molecular formula is C15H25NO. The van der Waals surface area contributed by atoms with Gasteiger partial charge in [-0.1, -0.05) is 25.1 Å². The van der Waals surface area contributed by atoms with Crippen molar-refractivity contribution < 1.29 is 4.74 Å². The lowest BCUT2D eigenvalue weighted by Gasteiger charge is -2.22. The van der Waals surface area contributed by atoms with Crippen molar-refractivity contribution in [3.63, 3.8) is 0 Å². The van der Waals surface area contributed by atoms with Crippen molar-refractivity contribution in [1.82, 2.24) is 0 Å². The number of nitrogens with one attached hydrogen (secondary N) is 1. The van der Waals surface area contributed by atoms with Crippen LogP contribution >= 0.6 is 0 Å². The fraction of sp³-hybridized carbons (Fsp3) is 0.600. The molecule has 0 aliphatic heterocycles. The molecule has 0 aliphatic carbocycles. The molecule has 0 fully saturated rings. The molecule has 1 aromatic carbocycles. The summed E-state index contributed by atoms with van der Waals surface area (Å²) in [5.74, 6) is 0.508. The fourth-order valence-corrected chi connectivity index (χ4v) is 1.95. The number of hydrogen-bond donors (Lipinski definition) is 1. The Morgan fingerprint density at radius 3 is 2.29 bits per heavy atom. The van der Waals surface area contributed by atoms with Gasteiger partial charge in [0.25, 0.3) is 0 Å². The Labute approximate surface area is 105 Å². The Hall–Kier alpha value is -1.02. The molecule has 2 nitrogen and oxygen atoms in total. The Balaban J connectivity index is 2.55. The van der Waals surface area contributed by atoms with Crippen LogP contribution in [0.3, 0.4) is 0 Å². The average Bonchev–Trinajstić information content (AvgIpc) is 2.28. The van der Waals surface area contributed by atoms with E-state index in [0.29, 0.717) is 12.0 Å². The largest absolute Gasteiger partial charge is 0.384 e. The minimum atomic E-state index is 0.303. The van der Waals surface area contributed by atoms with Crippen molar-refractivity contribution in [3.05, 3.63) is 29.3 Å². The molecule has 0 saturated carbocycles. The minimum absolute atomic E-state index is 0.303. The topological polar surface area (TPSA) is 21.3 Å². The SMILES string of the molecule is CCOC(C)C(C)CNc1c(C)cccc1C. The van der Waals surface area contributed by atoms with Crippen LogP contribution in [0.15, 0.2) is 18.2 Å². The zero-order valence-corrected chi connectivity index (χ0v) is 11.7. The maximum absolute atomic E-state index is 5.61. The summed E-state index contributed by atoms with van der Waals surface area (Å²) < 4.78 is 5.61. The molecular weight excluding hydrogens is 210 g/mol. The van der Waals surface area contributed by atoms with Gasteiger partial charge in [-0.2, -0.15) is 0 Å². The second-order valence-electron chi connectivity index (χ2n) is 4.79. The summed E-state index contributed by atoms with van der Waals surface area (Å²) in [7, 11) is 0. The number of para-hydroxylation sites is 1. The van der Waals surface area contributed by atoms with Gasteiger partial charge in [-0.3, -0.25) is 0 Å². The van der Waals surface area contributed by atoms with Gasteiger partial charge in [-0.15, -0.1) is 0 Å². The Morgan fingerprint density at radius 1 is 1.18 bits per heavy atom. The van der Waals surface area contributed by atoms with Crippen LogP contribution in [-0.2, 0) is 4.74 Å². The molecule has 0 aliphatic rings. The normalized spacial score (nSPS) is 14.4. The van der Waals surface area contributed by atoms with Crippen LogP contribution < -0.4 is 5.32 Å². The van der Waals surface area contributed by atoms with Gasteiger partial charge in [0.1, 0.15) is 0 Å². The summed E-state index contributed by atoms with van der Waals surface area (Å²) in [5, 5.41) is 3.54. The molecule has 1 aromatic rings. The van der Waals surface area contributed by atoms with Gasteiger partial charge in [0, 0.05) is 18.8 Å². The summed E-state index contributed by atoms with van der Waals surface area (Å²) in [6, 6.07) is 6.39. The lowest BCUT2D eigenvalue weighted by atomic mass is 10.0. The van der Waals surface area contributed by atoms with Crippen molar-refractivity contribution in [2.45, 2.75) is 40.7 Å². The van der Waals surface area contributed by atoms with E-state index in [1.807, 2.05) is 6.92 Å². The number of rotatable bonds is 6. The first-order valence-electron chi connectivity index (χ1n) is 6.48. The van der Waals surface area contributed by atoms with Crippen LogP contribution in [0.4, 0.5) is 5.69 Å². The first-order valence-corrected chi connectivity index (χ1v) is 6.48. The molecule has 0 bridgehead atoms. The zero-order chi connectivity index (χ0) is 12.8. The van der Waals surface area contributed by atoms with E-state index in [9.17, 15) is 0 Å². The molecule has 0 amide bonds. The van der Waals surface area contributed by atoms with Crippen LogP contribution in [-0.4, -0.2) is 19.3 Å². The van der Waals surface area contributed by atoms with Gasteiger partial charge < -0.3 is 10.1 Å². The molecule has 2 unspecified atom stereocenters. The molecule has 0 heterocycles. The number of ether oxygens (including phenoxy) is 1. The van der Waals surface area contributed by atoms with Crippen LogP contribution in [0.5, 0.6) is 0 Å². The highest BCUT2D eigenvalue weighted by Crippen LogP contribution is 2.20. The number of aryl methyl sites for hydroxylation is 2. The predicted molar refractivity (Wildman–Crippen MR) is 74.7 cm³/mol. The minimum Gasteiger partial charge on any atom is -0.384 e. The highest BCUT2D eigenvalue weighted by Gasteiger charge is 2.12. The Morgan fingerprint density at radius 2 is 1.76 bits per heavy atom.